The van der Waals surface area contributed by atoms with Crippen molar-refractivity contribution in [2.75, 3.05) is 7.11 Å². The molecule has 1 N–H and O–H groups in total. The highest BCUT2D eigenvalue weighted by molar-refractivity contribution is 6.07. The number of pyridine rings is 1. The van der Waals surface area contributed by atoms with Crippen molar-refractivity contribution in [2.24, 2.45) is 0 Å². The minimum Gasteiger partial charge on any atom is -0.465 e. The van der Waals surface area contributed by atoms with Gasteiger partial charge in [-0.15, -0.1) is 0 Å². The highest BCUT2D eigenvalue weighted by Gasteiger charge is 2.12. The lowest BCUT2D eigenvalue weighted by atomic mass is 10.0. The van der Waals surface area contributed by atoms with Crippen LogP contribution in [-0.4, -0.2) is 28.0 Å². The molecule has 0 unspecified atom stereocenters. The monoisotopic (exact) mass is 347 g/mol. The summed E-state index contributed by atoms with van der Waals surface area (Å²) >= 11 is 0. The highest BCUT2D eigenvalue weighted by atomic mass is 16.6. The van der Waals surface area contributed by atoms with Gasteiger partial charge in [-0.2, -0.15) is 0 Å². The molecule has 4 aromatic rings. The number of benzene rings is 2. The SMILES string of the molecule is COC(=O)c1ccc(-c2cnc3[nH]c4ccc([N+](=O)[O-])cc4c3c2)cc1. The van der Waals surface area contributed by atoms with Gasteiger partial charge in [0.05, 0.1) is 17.6 Å². The normalized spacial score (nSPS) is 11.0. The van der Waals surface area contributed by atoms with Crippen LogP contribution in [0.25, 0.3) is 33.1 Å². The first-order valence-corrected chi connectivity index (χ1v) is 7.81. The van der Waals surface area contributed by atoms with Crippen molar-refractivity contribution in [1.82, 2.24) is 9.97 Å². The van der Waals surface area contributed by atoms with Crippen LogP contribution in [0.4, 0.5) is 5.69 Å². The van der Waals surface area contributed by atoms with Crippen LogP contribution >= 0.6 is 0 Å². The first-order valence-electron chi connectivity index (χ1n) is 7.81. The zero-order valence-corrected chi connectivity index (χ0v) is 13.7. The van der Waals surface area contributed by atoms with Crippen molar-refractivity contribution in [2.45, 2.75) is 0 Å². The van der Waals surface area contributed by atoms with Crippen molar-refractivity contribution in [3.05, 3.63) is 70.4 Å². The summed E-state index contributed by atoms with van der Waals surface area (Å²) in [5, 5.41) is 12.6. The highest BCUT2D eigenvalue weighted by Crippen LogP contribution is 2.30. The van der Waals surface area contributed by atoms with Gasteiger partial charge in [-0.3, -0.25) is 10.1 Å². The minimum absolute atomic E-state index is 0.0335. The van der Waals surface area contributed by atoms with E-state index in [9.17, 15) is 14.9 Å². The summed E-state index contributed by atoms with van der Waals surface area (Å²) in [6, 6.07) is 13.6. The van der Waals surface area contributed by atoms with Gasteiger partial charge in [-0.05, 0) is 29.8 Å². The van der Waals surface area contributed by atoms with Crippen LogP contribution in [0.3, 0.4) is 0 Å². The van der Waals surface area contributed by atoms with Crippen molar-refractivity contribution in [3.8, 4) is 11.1 Å². The molecule has 7 heteroatoms. The Morgan fingerprint density at radius 2 is 1.85 bits per heavy atom. The molecule has 2 heterocycles. The summed E-state index contributed by atoms with van der Waals surface area (Å²) in [4.78, 5) is 29.8. The van der Waals surface area contributed by atoms with Crippen LogP contribution in [0.5, 0.6) is 0 Å². The number of nitrogens with one attached hydrogen (secondary N) is 1. The Balaban J connectivity index is 1.83. The Morgan fingerprint density at radius 1 is 1.08 bits per heavy atom. The fourth-order valence-electron chi connectivity index (χ4n) is 2.95. The maximum absolute atomic E-state index is 11.5. The van der Waals surface area contributed by atoms with Gasteiger partial charge in [0, 0.05) is 40.2 Å². The molecule has 0 atom stereocenters. The number of aromatic amines is 1. The molecule has 0 aliphatic carbocycles. The van der Waals surface area contributed by atoms with Crippen LogP contribution in [0.15, 0.2) is 54.7 Å². The van der Waals surface area contributed by atoms with E-state index in [4.69, 9.17) is 4.74 Å². The van der Waals surface area contributed by atoms with Gasteiger partial charge in [0.15, 0.2) is 0 Å². The van der Waals surface area contributed by atoms with Crippen molar-refractivity contribution >= 4 is 33.6 Å². The number of carbonyl (C=O) groups excluding carboxylic acids is 1. The first-order chi connectivity index (χ1) is 12.6. The second-order valence-electron chi connectivity index (χ2n) is 5.80. The van der Waals surface area contributed by atoms with E-state index in [0.717, 1.165) is 27.4 Å². The van der Waals surface area contributed by atoms with Crippen LogP contribution < -0.4 is 0 Å². The fourth-order valence-corrected chi connectivity index (χ4v) is 2.95. The molecule has 0 saturated heterocycles. The number of nitro groups is 1. The summed E-state index contributed by atoms with van der Waals surface area (Å²) in [5.41, 5.74) is 3.68. The Morgan fingerprint density at radius 3 is 2.54 bits per heavy atom. The number of H-pyrrole nitrogens is 1. The second-order valence-corrected chi connectivity index (χ2v) is 5.80. The number of carbonyl (C=O) groups is 1. The van der Waals surface area contributed by atoms with Gasteiger partial charge in [0.1, 0.15) is 5.65 Å². The molecule has 0 bridgehead atoms. The van der Waals surface area contributed by atoms with Gasteiger partial charge in [-0.1, -0.05) is 12.1 Å². The molecular weight excluding hydrogens is 334 g/mol. The Bertz CT molecular complexity index is 1160. The third-order valence-corrected chi connectivity index (χ3v) is 4.28. The quantitative estimate of drug-likeness (QED) is 0.342. The molecule has 0 fully saturated rings. The van der Waals surface area contributed by atoms with Crippen molar-refractivity contribution in [3.63, 3.8) is 0 Å². The average Bonchev–Trinajstić information content (AvgIpc) is 3.04. The van der Waals surface area contributed by atoms with Crippen LogP contribution in [0, 0.1) is 10.1 Å². The fraction of sp³-hybridized carbons (Fsp3) is 0.0526. The standard InChI is InChI=1S/C19H13N3O4/c1-26-19(23)12-4-2-11(3-5-12)13-8-16-15-9-14(22(24)25)6-7-17(15)21-18(16)20-10-13/h2-10H,1H3,(H,20,21). The van der Waals surface area contributed by atoms with E-state index in [0.29, 0.717) is 11.2 Å². The number of nitrogens with zero attached hydrogens (tertiary/aromatic N) is 2. The zero-order valence-electron chi connectivity index (χ0n) is 13.7. The van der Waals surface area contributed by atoms with Gasteiger partial charge in [0.2, 0.25) is 0 Å². The lowest BCUT2D eigenvalue weighted by Gasteiger charge is -2.03. The molecule has 0 amide bonds. The predicted molar refractivity (Wildman–Crippen MR) is 97.0 cm³/mol. The van der Waals surface area contributed by atoms with E-state index in [1.807, 2.05) is 18.2 Å². The smallest absolute Gasteiger partial charge is 0.337 e. The van der Waals surface area contributed by atoms with E-state index in [1.165, 1.54) is 13.2 Å². The largest absolute Gasteiger partial charge is 0.465 e. The molecule has 0 aliphatic heterocycles. The molecule has 0 saturated carbocycles. The second kappa shape index (κ2) is 5.96. The minimum atomic E-state index is -0.416. The summed E-state index contributed by atoms with van der Waals surface area (Å²) in [6.45, 7) is 0. The number of aromatic nitrogens is 2. The van der Waals surface area contributed by atoms with E-state index in [2.05, 4.69) is 9.97 Å². The van der Waals surface area contributed by atoms with Gasteiger partial charge < -0.3 is 9.72 Å². The number of ether oxygens (including phenoxy) is 1. The zero-order chi connectivity index (χ0) is 18.3. The van der Waals surface area contributed by atoms with E-state index < -0.39 is 10.9 Å². The molecule has 0 radical (unpaired) electrons. The maximum Gasteiger partial charge on any atom is 0.337 e. The molecule has 2 aromatic heterocycles. The summed E-state index contributed by atoms with van der Waals surface area (Å²) in [7, 11) is 1.34. The molecule has 26 heavy (non-hydrogen) atoms. The summed E-state index contributed by atoms with van der Waals surface area (Å²) in [5.74, 6) is -0.394. The van der Waals surface area contributed by atoms with Crippen molar-refractivity contribution in [1.29, 1.82) is 0 Å². The van der Waals surface area contributed by atoms with E-state index in [1.54, 1.807) is 30.5 Å². The number of hydrogen-bond donors (Lipinski definition) is 1. The number of nitro benzene ring substituents is 1. The number of fused-ring (bicyclic) bond motifs is 3. The molecular formula is C19H13N3O4. The Labute approximate surface area is 147 Å². The average molecular weight is 347 g/mol. The summed E-state index contributed by atoms with van der Waals surface area (Å²) < 4.78 is 4.70. The molecule has 4 rings (SSSR count). The maximum atomic E-state index is 11.5. The number of hydrogen-bond acceptors (Lipinski definition) is 5. The molecule has 128 valence electrons. The predicted octanol–water partition coefficient (Wildman–Crippen LogP) is 4.08. The molecule has 0 spiro atoms. The van der Waals surface area contributed by atoms with Crippen molar-refractivity contribution < 1.29 is 14.5 Å². The van der Waals surface area contributed by atoms with Crippen LogP contribution in [-0.2, 0) is 4.74 Å². The lowest BCUT2D eigenvalue weighted by Crippen LogP contribution is -2.00. The Kier molecular flexibility index (Phi) is 3.62. The number of rotatable bonds is 3. The lowest BCUT2D eigenvalue weighted by molar-refractivity contribution is -0.384. The van der Waals surface area contributed by atoms with Gasteiger partial charge >= 0.3 is 5.97 Å². The molecule has 2 aromatic carbocycles. The third-order valence-electron chi connectivity index (χ3n) is 4.28. The van der Waals surface area contributed by atoms with Gasteiger partial charge in [0.25, 0.3) is 5.69 Å². The number of methoxy groups -OCH3 is 1. The van der Waals surface area contributed by atoms with Gasteiger partial charge in [-0.25, -0.2) is 9.78 Å². The molecule has 0 aliphatic rings. The topological polar surface area (TPSA) is 98.1 Å². The van der Waals surface area contributed by atoms with Crippen LogP contribution in [0.1, 0.15) is 10.4 Å². The van der Waals surface area contributed by atoms with E-state index >= 15 is 0 Å². The van der Waals surface area contributed by atoms with E-state index in [-0.39, 0.29) is 5.69 Å². The summed E-state index contributed by atoms with van der Waals surface area (Å²) in [6.07, 6.45) is 1.72. The number of esters is 1. The Hall–Kier alpha value is -3.74. The van der Waals surface area contributed by atoms with Crippen LogP contribution in [0.2, 0.25) is 0 Å². The molecule has 7 nitrogen and oxygen atoms in total. The first kappa shape index (κ1) is 15.8. The third kappa shape index (κ3) is 2.55. The number of non-ortho nitro benzene ring substituents is 1.